The monoisotopic (exact) mass is 268 g/mol. The van der Waals surface area contributed by atoms with Crippen LogP contribution in [0.4, 0.5) is 5.69 Å². The number of thiophene rings is 1. The zero-order chi connectivity index (χ0) is 13.2. The molecule has 0 unspecified atom stereocenters. The molecule has 1 aromatic rings. The first-order valence-corrected chi connectivity index (χ1v) is 7.70. The second-order valence-corrected chi connectivity index (χ2v) is 5.34. The Morgan fingerprint density at radius 1 is 1.22 bits per heavy atom. The molecule has 1 amide bonds. The van der Waals surface area contributed by atoms with Crippen LogP contribution in [0.2, 0.25) is 0 Å². The van der Waals surface area contributed by atoms with Crippen LogP contribution in [0.15, 0.2) is 16.8 Å². The van der Waals surface area contributed by atoms with Crippen molar-refractivity contribution in [3.05, 3.63) is 16.8 Å². The minimum Gasteiger partial charge on any atom is -0.330 e. The van der Waals surface area contributed by atoms with E-state index in [0.29, 0.717) is 0 Å². The van der Waals surface area contributed by atoms with Crippen molar-refractivity contribution in [3.8, 4) is 0 Å². The lowest BCUT2D eigenvalue weighted by atomic mass is 10.1. The first-order chi connectivity index (χ1) is 8.75. The molecule has 4 heteroatoms. The van der Waals surface area contributed by atoms with Gasteiger partial charge in [-0.1, -0.05) is 25.7 Å². The highest BCUT2D eigenvalue weighted by molar-refractivity contribution is 7.08. The van der Waals surface area contributed by atoms with Gasteiger partial charge in [0.15, 0.2) is 0 Å². The number of nitrogens with two attached hydrogens (primary N) is 1. The van der Waals surface area contributed by atoms with Gasteiger partial charge in [0.1, 0.15) is 0 Å². The quantitative estimate of drug-likeness (QED) is 0.698. The van der Waals surface area contributed by atoms with Crippen molar-refractivity contribution >= 4 is 22.9 Å². The average molecular weight is 268 g/mol. The fourth-order valence-electron chi connectivity index (χ4n) is 2.00. The van der Waals surface area contributed by atoms with Gasteiger partial charge in [0.2, 0.25) is 5.91 Å². The third-order valence-electron chi connectivity index (χ3n) is 3.03. The second kappa shape index (κ2) is 9.11. The average Bonchev–Trinajstić information content (AvgIpc) is 2.85. The van der Waals surface area contributed by atoms with Gasteiger partial charge in [-0.15, -0.1) is 0 Å². The van der Waals surface area contributed by atoms with E-state index in [1.165, 1.54) is 25.7 Å². The number of rotatable bonds is 9. The molecule has 0 radical (unpaired) electrons. The summed E-state index contributed by atoms with van der Waals surface area (Å²) in [5, 5.41) is 4.04. The standard InChI is InChI=1S/C14H24N2OS/c1-13(17)16(14-8-11-18-12-14)10-7-5-3-2-4-6-9-15/h8,11-12H,2-7,9-10,15H2,1H3. The van der Waals surface area contributed by atoms with E-state index in [0.717, 1.165) is 31.6 Å². The van der Waals surface area contributed by atoms with E-state index < -0.39 is 0 Å². The maximum absolute atomic E-state index is 11.6. The molecule has 0 aliphatic carbocycles. The van der Waals surface area contributed by atoms with E-state index in [2.05, 4.69) is 0 Å². The molecule has 0 fully saturated rings. The fraction of sp³-hybridized carbons (Fsp3) is 0.643. The Labute approximate surface area is 114 Å². The number of amides is 1. The van der Waals surface area contributed by atoms with Gasteiger partial charge in [-0.25, -0.2) is 0 Å². The third kappa shape index (κ3) is 5.65. The summed E-state index contributed by atoms with van der Waals surface area (Å²) in [6.45, 7) is 3.28. The van der Waals surface area contributed by atoms with Crippen molar-refractivity contribution in [1.29, 1.82) is 0 Å². The van der Waals surface area contributed by atoms with Crippen LogP contribution < -0.4 is 10.6 Å². The number of hydrogen-bond acceptors (Lipinski definition) is 3. The van der Waals surface area contributed by atoms with Gasteiger partial charge in [-0.2, -0.15) is 11.3 Å². The van der Waals surface area contributed by atoms with Crippen molar-refractivity contribution in [3.63, 3.8) is 0 Å². The molecule has 1 aromatic heterocycles. The highest BCUT2D eigenvalue weighted by Crippen LogP contribution is 2.19. The Hall–Kier alpha value is -0.870. The lowest BCUT2D eigenvalue weighted by Crippen LogP contribution is -2.28. The van der Waals surface area contributed by atoms with Crippen LogP contribution >= 0.6 is 11.3 Å². The van der Waals surface area contributed by atoms with Crippen LogP contribution in [0.25, 0.3) is 0 Å². The molecule has 18 heavy (non-hydrogen) atoms. The smallest absolute Gasteiger partial charge is 0.223 e. The van der Waals surface area contributed by atoms with Crippen LogP contribution in [-0.2, 0) is 4.79 Å². The molecule has 0 aliphatic heterocycles. The lowest BCUT2D eigenvalue weighted by molar-refractivity contribution is -0.116. The molecule has 102 valence electrons. The van der Waals surface area contributed by atoms with Crippen molar-refractivity contribution in [2.45, 2.75) is 45.4 Å². The van der Waals surface area contributed by atoms with Crippen LogP contribution in [0.5, 0.6) is 0 Å². The van der Waals surface area contributed by atoms with Gasteiger partial charge >= 0.3 is 0 Å². The molecule has 0 saturated carbocycles. The lowest BCUT2D eigenvalue weighted by Gasteiger charge is -2.19. The van der Waals surface area contributed by atoms with E-state index in [1.54, 1.807) is 18.3 Å². The second-order valence-electron chi connectivity index (χ2n) is 4.56. The summed E-state index contributed by atoms with van der Waals surface area (Å²) in [6.07, 6.45) is 7.15. The summed E-state index contributed by atoms with van der Waals surface area (Å²) in [4.78, 5) is 13.4. The van der Waals surface area contributed by atoms with Crippen molar-refractivity contribution in [2.75, 3.05) is 18.0 Å². The zero-order valence-electron chi connectivity index (χ0n) is 11.2. The van der Waals surface area contributed by atoms with Gasteiger partial charge in [0.05, 0.1) is 5.69 Å². The van der Waals surface area contributed by atoms with Gasteiger partial charge in [-0.3, -0.25) is 4.79 Å². The molecule has 0 saturated heterocycles. The Morgan fingerprint density at radius 3 is 2.44 bits per heavy atom. The minimum atomic E-state index is 0.136. The highest BCUT2D eigenvalue weighted by atomic mass is 32.1. The van der Waals surface area contributed by atoms with E-state index >= 15 is 0 Å². The van der Waals surface area contributed by atoms with Gasteiger partial charge in [0, 0.05) is 18.8 Å². The molecule has 2 N–H and O–H groups in total. The molecule has 0 bridgehead atoms. The summed E-state index contributed by atoms with van der Waals surface area (Å²) in [5.74, 6) is 0.136. The summed E-state index contributed by atoms with van der Waals surface area (Å²) in [5.41, 5.74) is 6.49. The molecule has 0 aliphatic rings. The van der Waals surface area contributed by atoms with Gasteiger partial charge in [0.25, 0.3) is 0 Å². The minimum absolute atomic E-state index is 0.136. The third-order valence-corrected chi connectivity index (χ3v) is 3.70. The molecule has 3 nitrogen and oxygen atoms in total. The van der Waals surface area contributed by atoms with Gasteiger partial charge < -0.3 is 10.6 Å². The van der Waals surface area contributed by atoms with Crippen LogP contribution in [0.3, 0.4) is 0 Å². The Kier molecular flexibility index (Phi) is 7.69. The molecular weight excluding hydrogens is 244 g/mol. The largest absolute Gasteiger partial charge is 0.330 e. The predicted octanol–water partition coefficient (Wildman–Crippen LogP) is 3.40. The molecule has 1 rings (SSSR count). The molecule has 0 spiro atoms. The van der Waals surface area contributed by atoms with Crippen LogP contribution in [0.1, 0.15) is 45.4 Å². The number of hydrogen-bond donors (Lipinski definition) is 1. The van der Waals surface area contributed by atoms with Crippen LogP contribution in [0, 0.1) is 0 Å². The SMILES string of the molecule is CC(=O)N(CCCCCCCCN)c1ccsc1. The topological polar surface area (TPSA) is 46.3 Å². The maximum Gasteiger partial charge on any atom is 0.223 e. The molecule has 0 atom stereocenters. The Morgan fingerprint density at radius 2 is 1.89 bits per heavy atom. The molecule has 0 aromatic carbocycles. The predicted molar refractivity (Wildman–Crippen MR) is 79.1 cm³/mol. The summed E-state index contributed by atoms with van der Waals surface area (Å²) < 4.78 is 0. The number of unbranched alkanes of at least 4 members (excludes halogenated alkanes) is 5. The number of anilines is 1. The number of nitrogens with zero attached hydrogens (tertiary/aromatic N) is 1. The first kappa shape index (κ1) is 15.2. The number of carbonyl (C=O) groups excluding carboxylic acids is 1. The Balaban J connectivity index is 2.17. The maximum atomic E-state index is 11.6. The summed E-state index contributed by atoms with van der Waals surface area (Å²) in [7, 11) is 0. The van der Waals surface area contributed by atoms with E-state index in [1.807, 2.05) is 21.7 Å². The summed E-state index contributed by atoms with van der Waals surface area (Å²) in [6, 6.07) is 2.01. The normalized spacial score (nSPS) is 10.6. The Bertz CT molecular complexity index is 325. The number of carbonyl (C=O) groups is 1. The van der Waals surface area contributed by atoms with Gasteiger partial charge in [-0.05, 0) is 30.8 Å². The van der Waals surface area contributed by atoms with Crippen molar-refractivity contribution in [2.24, 2.45) is 5.73 Å². The first-order valence-electron chi connectivity index (χ1n) is 6.76. The van der Waals surface area contributed by atoms with E-state index in [4.69, 9.17) is 5.73 Å². The van der Waals surface area contributed by atoms with Crippen molar-refractivity contribution in [1.82, 2.24) is 0 Å². The van der Waals surface area contributed by atoms with E-state index in [9.17, 15) is 4.79 Å². The zero-order valence-corrected chi connectivity index (χ0v) is 12.0. The van der Waals surface area contributed by atoms with E-state index in [-0.39, 0.29) is 5.91 Å². The molecule has 1 heterocycles. The fourth-order valence-corrected chi connectivity index (χ4v) is 2.64. The van der Waals surface area contributed by atoms with Crippen molar-refractivity contribution < 1.29 is 4.79 Å². The van der Waals surface area contributed by atoms with Crippen LogP contribution in [-0.4, -0.2) is 19.0 Å². The summed E-state index contributed by atoms with van der Waals surface area (Å²) >= 11 is 1.63. The molecular formula is C14H24N2OS. The highest BCUT2D eigenvalue weighted by Gasteiger charge is 2.10.